The molecule has 0 aromatic heterocycles. The highest BCUT2D eigenvalue weighted by atomic mass is 79.9. The third-order valence-electron chi connectivity index (χ3n) is 2.55. The molecule has 0 aliphatic heterocycles. The van der Waals surface area contributed by atoms with Gasteiger partial charge in [0.2, 0.25) is 0 Å². The Morgan fingerprint density at radius 2 is 1.27 bits per heavy atom. The van der Waals surface area contributed by atoms with E-state index in [4.69, 9.17) is 4.74 Å². The highest BCUT2D eigenvalue weighted by molar-refractivity contribution is 9.10. The second kappa shape index (κ2) is 8.17. The van der Waals surface area contributed by atoms with Crippen molar-refractivity contribution < 1.29 is 32.2 Å². The zero-order valence-corrected chi connectivity index (χ0v) is 13.6. The van der Waals surface area contributed by atoms with Gasteiger partial charge in [0.1, 0.15) is 11.1 Å². The van der Waals surface area contributed by atoms with Gasteiger partial charge in [-0.25, -0.2) is 22.8 Å². The summed E-state index contributed by atoms with van der Waals surface area (Å²) in [5.41, 5.74) is -2.09. The third kappa shape index (κ3) is 3.79. The molecular formula is C14H14BrF3O4. The second-order valence-electron chi connectivity index (χ2n) is 4.28. The molecular weight excluding hydrogens is 369 g/mol. The van der Waals surface area contributed by atoms with E-state index in [-0.39, 0.29) is 13.2 Å². The average Bonchev–Trinajstić information content (AvgIpc) is 2.51. The summed E-state index contributed by atoms with van der Waals surface area (Å²) >= 11 is 2.50. The van der Waals surface area contributed by atoms with Crippen molar-refractivity contribution in [3.8, 4) is 0 Å². The molecule has 0 heterocycles. The van der Waals surface area contributed by atoms with Crippen molar-refractivity contribution in [1.29, 1.82) is 0 Å². The van der Waals surface area contributed by atoms with Crippen LogP contribution in [0, 0.1) is 17.5 Å². The highest BCUT2D eigenvalue weighted by Crippen LogP contribution is 2.30. The molecule has 22 heavy (non-hydrogen) atoms. The summed E-state index contributed by atoms with van der Waals surface area (Å²) in [6.45, 7) is 3.24. The van der Waals surface area contributed by atoms with Crippen LogP contribution in [0.25, 0.3) is 0 Å². The molecule has 0 atom stereocenters. The molecule has 0 unspecified atom stereocenters. The van der Waals surface area contributed by atoms with Gasteiger partial charge in [-0.3, -0.25) is 0 Å². The minimum absolute atomic E-state index is 0.0572. The maximum atomic E-state index is 14.1. The van der Waals surface area contributed by atoms with E-state index in [1.807, 2.05) is 0 Å². The van der Waals surface area contributed by atoms with Crippen molar-refractivity contribution in [2.45, 2.75) is 26.7 Å². The van der Waals surface area contributed by atoms with Crippen LogP contribution in [0.2, 0.25) is 0 Å². The summed E-state index contributed by atoms with van der Waals surface area (Å²) in [6, 6.07) is 0. The van der Waals surface area contributed by atoms with Gasteiger partial charge >= 0.3 is 11.9 Å². The minimum Gasteiger partial charge on any atom is -0.462 e. The molecule has 0 radical (unpaired) electrons. The fourth-order valence-electron chi connectivity index (χ4n) is 1.55. The summed E-state index contributed by atoms with van der Waals surface area (Å²) in [7, 11) is 0. The molecule has 0 spiro atoms. The minimum atomic E-state index is -1.67. The maximum Gasteiger partial charge on any atom is 0.342 e. The monoisotopic (exact) mass is 382 g/mol. The Kier molecular flexibility index (Phi) is 6.86. The van der Waals surface area contributed by atoms with Gasteiger partial charge in [-0.2, -0.15) is 0 Å². The SMILES string of the molecule is CCCOC(=O)c1c(F)c(F)c(Br)c(F)c1C(=O)OCCC. The number of rotatable bonds is 6. The van der Waals surface area contributed by atoms with Gasteiger partial charge in [-0.15, -0.1) is 0 Å². The zero-order chi connectivity index (χ0) is 16.9. The first-order chi connectivity index (χ1) is 10.4. The van der Waals surface area contributed by atoms with Crippen LogP contribution in [0.15, 0.2) is 4.47 Å². The first-order valence-electron chi connectivity index (χ1n) is 6.56. The molecule has 0 fully saturated rings. The lowest BCUT2D eigenvalue weighted by Crippen LogP contribution is -2.20. The number of benzene rings is 1. The molecule has 0 amide bonds. The first kappa shape index (κ1) is 18.5. The van der Waals surface area contributed by atoms with Crippen LogP contribution in [0.3, 0.4) is 0 Å². The van der Waals surface area contributed by atoms with Crippen LogP contribution in [0.1, 0.15) is 47.4 Å². The normalized spacial score (nSPS) is 10.5. The molecule has 0 bridgehead atoms. The zero-order valence-electron chi connectivity index (χ0n) is 12.0. The van der Waals surface area contributed by atoms with Crippen molar-refractivity contribution in [3.05, 3.63) is 33.1 Å². The lowest BCUT2D eigenvalue weighted by Gasteiger charge is -2.13. The standard InChI is InChI=1S/C14H14BrF3O4/c1-3-5-21-13(19)7-8(14(20)22-6-4-2)11(17)12(18)9(15)10(7)16/h3-6H2,1-2H3. The van der Waals surface area contributed by atoms with E-state index in [1.165, 1.54) is 0 Å². The highest BCUT2D eigenvalue weighted by Gasteiger charge is 2.33. The molecule has 0 aliphatic carbocycles. The molecule has 0 N–H and O–H groups in total. The van der Waals surface area contributed by atoms with Gasteiger partial charge in [0.15, 0.2) is 17.5 Å². The lowest BCUT2D eigenvalue weighted by atomic mass is 10.1. The molecule has 1 rings (SSSR count). The number of carbonyl (C=O) groups is 2. The molecule has 0 saturated heterocycles. The Morgan fingerprint density at radius 3 is 1.68 bits per heavy atom. The van der Waals surface area contributed by atoms with Crippen LogP contribution in [-0.4, -0.2) is 25.2 Å². The molecule has 8 heteroatoms. The summed E-state index contributed by atoms with van der Waals surface area (Å²) in [5.74, 6) is -7.29. The summed E-state index contributed by atoms with van der Waals surface area (Å²) in [4.78, 5) is 23.7. The molecule has 0 aliphatic rings. The smallest absolute Gasteiger partial charge is 0.342 e. The van der Waals surface area contributed by atoms with E-state index in [0.29, 0.717) is 12.8 Å². The predicted molar refractivity (Wildman–Crippen MR) is 75.2 cm³/mol. The van der Waals surface area contributed by atoms with Gasteiger partial charge in [0, 0.05) is 0 Å². The Morgan fingerprint density at radius 1 is 0.864 bits per heavy atom. The Labute approximate surface area is 133 Å². The van der Waals surface area contributed by atoms with E-state index in [2.05, 4.69) is 20.7 Å². The number of carbonyl (C=O) groups excluding carboxylic acids is 2. The van der Waals surface area contributed by atoms with Crippen molar-refractivity contribution in [2.24, 2.45) is 0 Å². The van der Waals surface area contributed by atoms with Crippen LogP contribution >= 0.6 is 15.9 Å². The lowest BCUT2D eigenvalue weighted by molar-refractivity contribution is 0.0447. The maximum absolute atomic E-state index is 14.1. The fourth-order valence-corrected chi connectivity index (χ4v) is 1.92. The van der Waals surface area contributed by atoms with Crippen LogP contribution in [0.4, 0.5) is 13.2 Å². The van der Waals surface area contributed by atoms with E-state index in [0.717, 1.165) is 0 Å². The number of ether oxygens (including phenoxy) is 2. The number of halogens is 4. The molecule has 1 aromatic rings. The quantitative estimate of drug-likeness (QED) is 0.423. The molecule has 0 saturated carbocycles. The summed E-state index contributed by atoms with van der Waals surface area (Å²) < 4.78 is 50.2. The molecule has 122 valence electrons. The van der Waals surface area contributed by atoms with Crippen molar-refractivity contribution >= 4 is 27.9 Å². The van der Waals surface area contributed by atoms with Gasteiger partial charge in [0.05, 0.1) is 17.7 Å². The average molecular weight is 383 g/mol. The van der Waals surface area contributed by atoms with Gasteiger partial charge in [-0.1, -0.05) is 13.8 Å². The number of hydrogen-bond donors (Lipinski definition) is 0. The van der Waals surface area contributed by atoms with E-state index < -0.39 is 45.0 Å². The van der Waals surface area contributed by atoms with Crippen LogP contribution in [-0.2, 0) is 9.47 Å². The number of hydrogen-bond acceptors (Lipinski definition) is 4. The van der Waals surface area contributed by atoms with Crippen LogP contribution in [0.5, 0.6) is 0 Å². The summed E-state index contributed by atoms with van der Waals surface area (Å²) in [5, 5.41) is 0. The molecule has 4 nitrogen and oxygen atoms in total. The van der Waals surface area contributed by atoms with Crippen molar-refractivity contribution in [2.75, 3.05) is 13.2 Å². The van der Waals surface area contributed by atoms with E-state index >= 15 is 0 Å². The number of esters is 2. The van der Waals surface area contributed by atoms with Gasteiger partial charge in [0.25, 0.3) is 0 Å². The Hall–Kier alpha value is -1.57. The summed E-state index contributed by atoms with van der Waals surface area (Å²) in [6.07, 6.45) is 0.859. The van der Waals surface area contributed by atoms with E-state index in [1.54, 1.807) is 13.8 Å². The first-order valence-corrected chi connectivity index (χ1v) is 7.36. The Balaban J connectivity index is 3.44. The van der Waals surface area contributed by atoms with Crippen LogP contribution < -0.4 is 0 Å². The largest absolute Gasteiger partial charge is 0.462 e. The van der Waals surface area contributed by atoms with Gasteiger partial charge < -0.3 is 9.47 Å². The third-order valence-corrected chi connectivity index (χ3v) is 3.25. The molecule has 1 aromatic carbocycles. The van der Waals surface area contributed by atoms with Crippen molar-refractivity contribution in [1.82, 2.24) is 0 Å². The topological polar surface area (TPSA) is 52.6 Å². The second-order valence-corrected chi connectivity index (χ2v) is 5.07. The van der Waals surface area contributed by atoms with Crippen molar-refractivity contribution in [3.63, 3.8) is 0 Å². The fraction of sp³-hybridized carbons (Fsp3) is 0.429. The van der Waals surface area contributed by atoms with Gasteiger partial charge in [-0.05, 0) is 28.8 Å². The predicted octanol–water partition coefficient (Wildman–Crippen LogP) is 4.00. The van der Waals surface area contributed by atoms with E-state index in [9.17, 15) is 22.8 Å². The Bertz CT molecular complexity index is 539.